The maximum absolute atomic E-state index is 13.1. The van der Waals surface area contributed by atoms with E-state index in [0.29, 0.717) is 11.4 Å². The number of hydrogen-bond donors (Lipinski definition) is 2. The van der Waals surface area contributed by atoms with Crippen molar-refractivity contribution in [2.24, 2.45) is 11.6 Å². The van der Waals surface area contributed by atoms with Gasteiger partial charge in [0, 0.05) is 25.4 Å². The van der Waals surface area contributed by atoms with Gasteiger partial charge in [0.15, 0.2) is 0 Å². The molecule has 3 rings (SSSR count). The van der Waals surface area contributed by atoms with Crippen LogP contribution >= 0.6 is 11.6 Å². The van der Waals surface area contributed by atoms with Crippen molar-refractivity contribution in [3.8, 4) is 0 Å². The van der Waals surface area contributed by atoms with Gasteiger partial charge in [-0.25, -0.2) is 20.8 Å². The van der Waals surface area contributed by atoms with E-state index in [1.54, 1.807) is 13.0 Å². The number of alkyl halides is 3. The molecule has 1 aromatic carbocycles. The van der Waals surface area contributed by atoms with Crippen LogP contribution in [-0.2, 0) is 6.18 Å². The molecule has 0 spiro atoms. The molecular formula is C18H18ClF3N6O. The van der Waals surface area contributed by atoms with Crippen molar-refractivity contribution in [1.82, 2.24) is 14.9 Å². The number of hydrogen-bond acceptors (Lipinski definition) is 6. The van der Waals surface area contributed by atoms with Crippen molar-refractivity contribution >= 4 is 23.5 Å². The fourth-order valence-electron chi connectivity index (χ4n) is 3.12. The van der Waals surface area contributed by atoms with Gasteiger partial charge in [-0.2, -0.15) is 13.2 Å². The highest BCUT2D eigenvalue weighted by molar-refractivity contribution is 6.34. The van der Waals surface area contributed by atoms with E-state index in [1.807, 2.05) is 0 Å². The van der Waals surface area contributed by atoms with Gasteiger partial charge >= 0.3 is 6.18 Å². The summed E-state index contributed by atoms with van der Waals surface area (Å²) in [5, 5.41) is 0.605. The maximum Gasteiger partial charge on any atom is 0.417 e. The SMILES string of the molecule is CC1C(N)=C(N(N)c2ncccn2)CCN1C(=O)c1cccc(C(F)(F)F)c1Cl. The fourth-order valence-corrected chi connectivity index (χ4v) is 3.43. The Morgan fingerprint density at radius 3 is 2.55 bits per heavy atom. The summed E-state index contributed by atoms with van der Waals surface area (Å²) < 4.78 is 39.3. The van der Waals surface area contributed by atoms with Crippen LogP contribution < -0.4 is 16.6 Å². The predicted molar refractivity (Wildman–Crippen MR) is 101 cm³/mol. The first-order valence-corrected chi connectivity index (χ1v) is 8.97. The summed E-state index contributed by atoms with van der Waals surface area (Å²) in [6.07, 6.45) is -1.34. The molecular weight excluding hydrogens is 409 g/mol. The lowest BCUT2D eigenvalue weighted by Crippen LogP contribution is -2.49. The van der Waals surface area contributed by atoms with Crippen LogP contribution in [0.4, 0.5) is 19.1 Å². The highest BCUT2D eigenvalue weighted by atomic mass is 35.5. The topological polar surface area (TPSA) is 101 Å². The number of benzene rings is 1. The standard InChI is InChI=1S/C18H18ClF3N6O/c1-10-15(23)13(28(24)17-25-7-3-8-26-17)6-9-27(10)16(29)11-4-2-5-12(14(11)19)18(20,21)22/h2-5,7-8,10H,6,9,23-24H2,1H3. The molecule has 0 aliphatic carbocycles. The highest BCUT2D eigenvalue weighted by Gasteiger charge is 2.37. The third kappa shape index (κ3) is 3.99. The minimum Gasteiger partial charge on any atom is -0.399 e. The van der Waals surface area contributed by atoms with Crippen molar-refractivity contribution in [3.63, 3.8) is 0 Å². The molecule has 1 aliphatic heterocycles. The van der Waals surface area contributed by atoms with Gasteiger partial charge in [-0.15, -0.1) is 0 Å². The van der Waals surface area contributed by atoms with Crippen LogP contribution in [0.5, 0.6) is 0 Å². The molecule has 4 N–H and O–H groups in total. The highest BCUT2D eigenvalue weighted by Crippen LogP contribution is 2.37. The Labute approximate surface area is 169 Å². The first kappa shape index (κ1) is 20.9. The Hall–Kier alpha value is -2.85. The lowest BCUT2D eigenvalue weighted by Gasteiger charge is -2.37. The summed E-state index contributed by atoms with van der Waals surface area (Å²) in [7, 11) is 0. The second-order valence-corrected chi connectivity index (χ2v) is 6.79. The van der Waals surface area contributed by atoms with E-state index in [2.05, 4.69) is 9.97 Å². The lowest BCUT2D eigenvalue weighted by molar-refractivity contribution is -0.137. The summed E-state index contributed by atoms with van der Waals surface area (Å²) in [5.41, 5.74) is 5.73. The zero-order valence-electron chi connectivity index (χ0n) is 15.3. The van der Waals surface area contributed by atoms with Gasteiger partial charge in [-0.05, 0) is 25.1 Å². The van der Waals surface area contributed by atoms with E-state index >= 15 is 0 Å². The third-order valence-corrected chi connectivity index (χ3v) is 5.10. The first-order valence-electron chi connectivity index (χ1n) is 8.60. The molecule has 154 valence electrons. The Balaban J connectivity index is 1.90. The zero-order valence-corrected chi connectivity index (χ0v) is 16.1. The number of halogens is 4. The summed E-state index contributed by atoms with van der Waals surface area (Å²) in [4.78, 5) is 22.4. The van der Waals surface area contributed by atoms with Gasteiger partial charge in [-0.3, -0.25) is 4.79 Å². The average molecular weight is 427 g/mol. The van der Waals surface area contributed by atoms with Gasteiger partial charge in [0.2, 0.25) is 5.95 Å². The van der Waals surface area contributed by atoms with E-state index in [4.69, 9.17) is 23.2 Å². The van der Waals surface area contributed by atoms with Gasteiger partial charge in [0.05, 0.1) is 33.6 Å². The molecule has 0 saturated carbocycles. The molecule has 0 bridgehead atoms. The Morgan fingerprint density at radius 2 is 1.93 bits per heavy atom. The van der Waals surface area contributed by atoms with E-state index in [9.17, 15) is 18.0 Å². The Morgan fingerprint density at radius 1 is 1.28 bits per heavy atom. The lowest BCUT2D eigenvalue weighted by atomic mass is 10.0. The molecule has 1 aliphatic rings. The molecule has 1 unspecified atom stereocenters. The van der Waals surface area contributed by atoms with Crippen LogP contribution in [0.1, 0.15) is 29.3 Å². The van der Waals surface area contributed by atoms with Crippen LogP contribution in [0, 0.1) is 0 Å². The smallest absolute Gasteiger partial charge is 0.399 e. The second-order valence-electron chi connectivity index (χ2n) is 6.41. The molecule has 2 aromatic rings. The minimum atomic E-state index is -4.66. The molecule has 29 heavy (non-hydrogen) atoms. The average Bonchev–Trinajstić information content (AvgIpc) is 2.69. The van der Waals surface area contributed by atoms with Crippen molar-refractivity contribution in [1.29, 1.82) is 0 Å². The third-order valence-electron chi connectivity index (χ3n) is 4.69. The predicted octanol–water partition coefficient (Wildman–Crippen LogP) is 2.93. The number of nitrogens with zero attached hydrogens (tertiary/aromatic N) is 4. The number of hydrazine groups is 1. The van der Waals surface area contributed by atoms with Crippen molar-refractivity contribution in [2.75, 3.05) is 11.6 Å². The molecule has 1 atom stereocenters. The number of nitrogens with two attached hydrogens (primary N) is 2. The van der Waals surface area contributed by atoms with Crippen molar-refractivity contribution < 1.29 is 18.0 Å². The Bertz CT molecular complexity index is 950. The molecule has 0 radical (unpaired) electrons. The van der Waals surface area contributed by atoms with E-state index in [0.717, 1.165) is 12.1 Å². The van der Waals surface area contributed by atoms with Gasteiger partial charge < -0.3 is 10.6 Å². The largest absolute Gasteiger partial charge is 0.417 e. The van der Waals surface area contributed by atoms with Crippen LogP contribution in [0.3, 0.4) is 0 Å². The Kier molecular flexibility index (Phi) is 5.67. The van der Waals surface area contributed by atoms with Crippen LogP contribution in [0.25, 0.3) is 0 Å². The first-order chi connectivity index (χ1) is 13.6. The van der Waals surface area contributed by atoms with Crippen LogP contribution in [0.2, 0.25) is 5.02 Å². The fraction of sp³-hybridized carbons (Fsp3) is 0.278. The number of amides is 1. The molecule has 0 fully saturated rings. The second kappa shape index (κ2) is 7.88. The summed E-state index contributed by atoms with van der Waals surface area (Å²) in [6, 6.07) is 4.26. The molecule has 1 aromatic heterocycles. The van der Waals surface area contributed by atoms with E-state index < -0.39 is 28.7 Å². The molecule has 2 heterocycles. The summed E-state index contributed by atoms with van der Waals surface area (Å²) >= 11 is 5.90. The van der Waals surface area contributed by atoms with Crippen molar-refractivity contribution in [3.05, 3.63) is 64.2 Å². The monoisotopic (exact) mass is 426 g/mol. The normalized spacial score (nSPS) is 17.4. The quantitative estimate of drug-likeness (QED) is 0.578. The van der Waals surface area contributed by atoms with Gasteiger partial charge in [-0.1, -0.05) is 17.7 Å². The number of aromatic nitrogens is 2. The number of carbonyl (C=O) groups is 1. The van der Waals surface area contributed by atoms with E-state index in [1.165, 1.54) is 28.4 Å². The summed E-state index contributed by atoms with van der Waals surface area (Å²) in [6.45, 7) is 1.84. The molecule has 0 saturated heterocycles. The van der Waals surface area contributed by atoms with Gasteiger partial charge in [0.25, 0.3) is 5.91 Å². The van der Waals surface area contributed by atoms with E-state index in [-0.39, 0.29) is 24.5 Å². The zero-order chi connectivity index (χ0) is 21.3. The summed E-state index contributed by atoms with van der Waals surface area (Å²) in [5.74, 6) is 5.66. The molecule has 1 amide bonds. The van der Waals surface area contributed by atoms with Gasteiger partial charge in [0.1, 0.15) is 0 Å². The molecule has 11 heteroatoms. The van der Waals surface area contributed by atoms with Crippen LogP contribution in [0.15, 0.2) is 48.1 Å². The number of rotatable bonds is 3. The van der Waals surface area contributed by atoms with Crippen LogP contribution in [-0.4, -0.2) is 33.4 Å². The minimum absolute atomic E-state index is 0.184. The number of carbonyl (C=O) groups excluding carboxylic acids is 1. The maximum atomic E-state index is 13.1. The van der Waals surface area contributed by atoms with Crippen molar-refractivity contribution in [2.45, 2.75) is 25.6 Å². The molecule has 7 nitrogen and oxygen atoms in total. The number of anilines is 1.